The van der Waals surface area contributed by atoms with E-state index >= 15 is 0 Å². The Kier molecular flexibility index (Phi) is 3.33. The van der Waals surface area contributed by atoms with Gasteiger partial charge in [0.2, 0.25) is 0 Å². The van der Waals surface area contributed by atoms with Gasteiger partial charge in [-0.3, -0.25) is 10.1 Å². The smallest absolute Gasteiger partial charge is 0.270 e. The van der Waals surface area contributed by atoms with Crippen molar-refractivity contribution in [2.75, 3.05) is 0 Å². The van der Waals surface area contributed by atoms with Gasteiger partial charge in [-0.05, 0) is 12.1 Å². The molecule has 0 atom stereocenters. The van der Waals surface area contributed by atoms with Crippen molar-refractivity contribution in [3.05, 3.63) is 57.9 Å². The van der Waals surface area contributed by atoms with Crippen molar-refractivity contribution in [3.63, 3.8) is 0 Å². The molecular weight excluding hydrogens is 298 g/mol. The lowest BCUT2D eigenvalue weighted by atomic mass is 10.3. The molecule has 0 spiro atoms. The second-order valence-electron chi connectivity index (χ2n) is 4.06. The number of rotatable bonds is 3. The number of fused-ring (bicyclic) bond motifs is 1. The molecule has 0 saturated carbocycles. The van der Waals surface area contributed by atoms with Crippen molar-refractivity contribution < 1.29 is 4.92 Å². The van der Waals surface area contributed by atoms with Crippen molar-refractivity contribution in [1.29, 1.82) is 0 Å². The number of benzene rings is 1. The second-order valence-corrected chi connectivity index (χ2v) is 5.61. The Bertz CT molecular complexity index is 803. The number of halogens is 1. The summed E-state index contributed by atoms with van der Waals surface area (Å²) in [7, 11) is 0. The molecule has 20 heavy (non-hydrogen) atoms. The molecule has 0 saturated heterocycles. The maximum Gasteiger partial charge on any atom is 0.270 e. The fraction of sp³-hybridized carbons (Fsp3) is 0. The number of aromatic amines is 1. The highest BCUT2D eigenvalue weighted by Gasteiger charge is 2.10. The first-order valence-corrected chi connectivity index (χ1v) is 6.88. The molecule has 0 aliphatic carbocycles. The standard InChI is InChI=1S/C13H8ClN3O2S/c14-8-4-11-12(7-16-13(11)15-6-8)20-10-3-1-2-9(5-10)17(18)19/h1-7H,(H,15,16). The van der Waals surface area contributed by atoms with Gasteiger partial charge in [0.05, 0.1) is 9.95 Å². The SMILES string of the molecule is O=[N+]([O-])c1cccc(Sc2c[nH]c3ncc(Cl)cc23)c1. The third kappa shape index (κ3) is 2.48. The van der Waals surface area contributed by atoms with Gasteiger partial charge < -0.3 is 4.98 Å². The Morgan fingerprint density at radius 1 is 1.35 bits per heavy atom. The van der Waals surface area contributed by atoms with Crippen LogP contribution in [0, 0.1) is 10.1 Å². The van der Waals surface area contributed by atoms with Gasteiger partial charge in [-0.15, -0.1) is 0 Å². The van der Waals surface area contributed by atoms with Crippen LogP contribution in [-0.2, 0) is 0 Å². The molecule has 0 unspecified atom stereocenters. The average Bonchev–Trinajstić information content (AvgIpc) is 2.82. The first-order chi connectivity index (χ1) is 9.63. The summed E-state index contributed by atoms with van der Waals surface area (Å²) in [6.45, 7) is 0. The number of nitrogens with zero attached hydrogens (tertiary/aromatic N) is 2. The summed E-state index contributed by atoms with van der Waals surface area (Å²) in [5, 5.41) is 12.2. The highest BCUT2D eigenvalue weighted by molar-refractivity contribution is 7.99. The van der Waals surface area contributed by atoms with Crippen LogP contribution in [-0.4, -0.2) is 14.9 Å². The Morgan fingerprint density at radius 3 is 3.00 bits per heavy atom. The van der Waals surface area contributed by atoms with Gasteiger partial charge in [0.1, 0.15) is 5.65 Å². The van der Waals surface area contributed by atoms with Crippen molar-refractivity contribution in [2.45, 2.75) is 9.79 Å². The van der Waals surface area contributed by atoms with Crippen LogP contribution in [0.2, 0.25) is 5.02 Å². The lowest BCUT2D eigenvalue weighted by Crippen LogP contribution is -1.87. The molecule has 2 aromatic heterocycles. The number of H-pyrrole nitrogens is 1. The van der Waals surface area contributed by atoms with Crippen molar-refractivity contribution in [3.8, 4) is 0 Å². The van der Waals surface area contributed by atoms with Gasteiger partial charge in [-0.1, -0.05) is 29.4 Å². The summed E-state index contributed by atoms with van der Waals surface area (Å²) in [6, 6.07) is 8.33. The lowest BCUT2D eigenvalue weighted by Gasteiger charge is -2.00. The zero-order chi connectivity index (χ0) is 14.1. The second kappa shape index (κ2) is 5.15. The Labute approximate surface area is 123 Å². The third-order valence-electron chi connectivity index (χ3n) is 2.72. The number of nitro benzene ring substituents is 1. The van der Waals surface area contributed by atoms with Crippen LogP contribution in [0.15, 0.2) is 52.5 Å². The summed E-state index contributed by atoms with van der Waals surface area (Å²) in [4.78, 5) is 19.3. The average molecular weight is 306 g/mol. The normalized spacial score (nSPS) is 10.8. The zero-order valence-corrected chi connectivity index (χ0v) is 11.6. The molecule has 3 aromatic rings. The number of nitro groups is 1. The van der Waals surface area contributed by atoms with E-state index in [0.29, 0.717) is 5.02 Å². The predicted molar refractivity (Wildman–Crippen MR) is 78.3 cm³/mol. The Morgan fingerprint density at radius 2 is 2.20 bits per heavy atom. The van der Waals surface area contributed by atoms with E-state index in [0.717, 1.165) is 20.8 Å². The number of non-ortho nitro benzene ring substituents is 1. The van der Waals surface area contributed by atoms with Crippen molar-refractivity contribution >= 4 is 40.1 Å². The number of hydrogen-bond acceptors (Lipinski definition) is 4. The molecule has 100 valence electrons. The summed E-state index contributed by atoms with van der Waals surface area (Å²) >= 11 is 7.37. The van der Waals surface area contributed by atoms with Crippen LogP contribution >= 0.6 is 23.4 Å². The zero-order valence-electron chi connectivity index (χ0n) is 10.0. The first-order valence-electron chi connectivity index (χ1n) is 5.68. The van der Waals surface area contributed by atoms with E-state index in [-0.39, 0.29) is 5.69 Å². The molecule has 1 aromatic carbocycles. The van der Waals surface area contributed by atoms with E-state index in [1.165, 1.54) is 17.8 Å². The summed E-state index contributed by atoms with van der Waals surface area (Å²) in [5.41, 5.74) is 0.813. The van der Waals surface area contributed by atoms with Crippen LogP contribution in [0.4, 0.5) is 5.69 Å². The number of pyridine rings is 1. The fourth-order valence-electron chi connectivity index (χ4n) is 1.83. The molecule has 0 radical (unpaired) electrons. The molecule has 1 N–H and O–H groups in total. The molecule has 0 amide bonds. The molecule has 2 heterocycles. The van der Waals surface area contributed by atoms with Crippen molar-refractivity contribution in [2.24, 2.45) is 0 Å². The van der Waals surface area contributed by atoms with E-state index in [2.05, 4.69) is 9.97 Å². The van der Waals surface area contributed by atoms with E-state index in [9.17, 15) is 10.1 Å². The van der Waals surface area contributed by atoms with Crippen LogP contribution < -0.4 is 0 Å². The van der Waals surface area contributed by atoms with Gasteiger partial charge in [0.15, 0.2) is 0 Å². The molecule has 0 fully saturated rings. The quantitative estimate of drug-likeness (QED) is 0.579. The van der Waals surface area contributed by atoms with E-state index in [1.807, 2.05) is 18.3 Å². The minimum absolute atomic E-state index is 0.0750. The molecular formula is C13H8ClN3O2S. The minimum Gasteiger partial charge on any atom is -0.345 e. The van der Waals surface area contributed by atoms with Gasteiger partial charge >= 0.3 is 0 Å². The van der Waals surface area contributed by atoms with Gasteiger partial charge in [0, 0.05) is 39.7 Å². The highest BCUT2D eigenvalue weighted by atomic mass is 35.5. The molecule has 0 aliphatic rings. The largest absolute Gasteiger partial charge is 0.345 e. The van der Waals surface area contributed by atoms with Crippen LogP contribution in [0.25, 0.3) is 11.0 Å². The Hall–Kier alpha value is -2.05. The van der Waals surface area contributed by atoms with Crippen LogP contribution in [0.5, 0.6) is 0 Å². The summed E-state index contributed by atoms with van der Waals surface area (Å²) < 4.78 is 0. The van der Waals surface area contributed by atoms with Gasteiger partial charge in [-0.2, -0.15) is 0 Å². The van der Waals surface area contributed by atoms with Crippen LogP contribution in [0.3, 0.4) is 0 Å². The molecule has 0 bridgehead atoms. The van der Waals surface area contributed by atoms with E-state index in [1.54, 1.807) is 18.3 Å². The molecule has 0 aliphatic heterocycles. The lowest BCUT2D eigenvalue weighted by molar-refractivity contribution is -0.385. The van der Waals surface area contributed by atoms with E-state index < -0.39 is 4.92 Å². The van der Waals surface area contributed by atoms with Gasteiger partial charge in [0.25, 0.3) is 5.69 Å². The maximum atomic E-state index is 10.8. The minimum atomic E-state index is -0.405. The third-order valence-corrected chi connectivity index (χ3v) is 3.97. The van der Waals surface area contributed by atoms with Crippen LogP contribution in [0.1, 0.15) is 0 Å². The molecule has 5 nitrogen and oxygen atoms in total. The highest BCUT2D eigenvalue weighted by Crippen LogP contribution is 2.35. The first kappa shape index (κ1) is 13.0. The summed E-state index contributed by atoms with van der Waals surface area (Å²) in [5.74, 6) is 0. The fourth-order valence-corrected chi connectivity index (χ4v) is 2.95. The number of aromatic nitrogens is 2. The maximum absolute atomic E-state index is 10.8. The summed E-state index contributed by atoms with van der Waals surface area (Å²) in [6.07, 6.45) is 3.39. The molecule has 7 heteroatoms. The predicted octanol–water partition coefficient (Wildman–Crippen LogP) is 4.28. The van der Waals surface area contributed by atoms with Gasteiger partial charge in [-0.25, -0.2) is 4.98 Å². The Balaban J connectivity index is 1.99. The number of hydrogen-bond donors (Lipinski definition) is 1. The van der Waals surface area contributed by atoms with Crippen molar-refractivity contribution in [1.82, 2.24) is 9.97 Å². The topological polar surface area (TPSA) is 71.8 Å². The van der Waals surface area contributed by atoms with E-state index in [4.69, 9.17) is 11.6 Å². The molecule has 3 rings (SSSR count). The number of nitrogens with one attached hydrogen (secondary N) is 1. The monoisotopic (exact) mass is 305 g/mol.